The molecule has 0 saturated heterocycles. The lowest BCUT2D eigenvalue weighted by Gasteiger charge is -2.22. The number of hydrogen-bond donors (Lipinski definition) is 2. The second-order valence-corrected chi connectivity index (χ2v) is 3.98. The summed E-state index contributed by atoms with van der Waals surface area (Å²) in [6, 6.07) is -0.115. The Morgan fingerprint density at radius 2 is 2.00 bits per heavy atom. The summed E-state index contributed by atoms with van der Waals surface area (Å²) in [6.45, 7) is 2.14. The molecule has 3 nitrogen and oxygen atoms in total. The van der Waals surface area contributed by atoms with Gasteiger partial charge in [0.25, 0.3) is 0 Å². The molecule has 0 saturated carbocycles. The van der Waals surface area contributed by atoms with Crippen molar-refractivity contribution < 1.29 is 18.3 Å². The van der Waals surface area contributed by atoms with Gasteiger partial charge in [-0.15, -0.1) is 0 Å². The fourth-order valence-corrected chi connectivity index (χ4v) is 1.37. The number of nitrogens with one attached hydrogen (secondary N) is 1. The molecule has 0 aromatic heterocycles. The summed E-state index contributed by atoms with van der Waals surface area (Å²) in [5.74, 6) is 0. The van der Waals surface area contributed by atoms with E-state index in [1.807, 2.05) is 6.92 Å². The first kappa shape index (κ1) is 15.7. The van der Waals surface area contributed by atoms with Crippen LogP contribution in [0.15, 0.2) is 0 Å². The third-order valence-electron chi connectivity index (χ3n) is 2.21. The maximum Gasteiger partial charge on any atom is 0.401 e. The van der Waals surface area contributed by atoms with Gasteiger partial charge < -0.3 is 10.4 Å². The zero-order chi connectivity index (χ0) is 12.6. The van der Waals surface area contributed by atoms with E-state index >= 15 is 0 Å². The Hall–Kier alpha value is -0.330. The van der Waals surface area contributed by atoms with Crippen LogP contribution in [0.3, 0.4) is 0 Å². The Bertz CT molecular complexity index is 176. The highest BCUT2D eigenvalue weighted by molar-refractivity contribution is 4.68. The minimum Gasteiger partial charge on any atom is -0.395 e. The number of rotatable bonds is 8. The van der Waals surface area contributed by atoms with E-state index in [9.17, 15) is 13.2 Å². The zero-order valence-corrected chi connectivity index (χ0v) is 9.85. The number of halogens is 3. The van der Waals surface area contributed by atoms with Crippen LogP contribution >= 0.6 is 0 Å². The molecule has 0 aliphatic heterocycles. The second-order valence-electron chi connectivity index (χ2n) is 3.98. The lowest BCUT2D eigenvalue weighted by molar-refractivity contribution is -0.143. The molecule has 0 rings (SSSR count). The average molecular weight is 242 g/mol. The fourth-order valence-electron chi connectivity index (χ4n) is 1.37. The summed E-state index contributed by atoms with van der Waals surface area (Å²) in [6.07, 6.45) is -2.70. The summed E-state index contributed by atoms with van der Waals surface area (Å²) in [5, 5.41) is 12.1. The topological polar surface area (TPSA) is 35.5 Å². The van der Waals surface area contributed by atoms with Gasteiger partial charge >= 0.3 is 6.18 Å². The van der Waals surface area contributed by atoms with E-state index < -0.39 is 12.7 Å². The van der Waals surface area contributed by atoms with Crippen LogP contribution in [0.2, 0.25) is 0 Å². The Balaban J connectivity index is 3.74. The van der Waals surface area contributed by atoms with Crippen molar-refractivity contribution in [3.63, 3.8) is 0 Å². The van der Waals surface area contributed by atoms with Gasteiger partial charge in [0, 0.05) is 6.04 Å². The number of hydrogen-bond acceptors (Lipinski definition) is 3. The lowest BCUT2D eigenvalue weighted by Crippen LogP contribution is -2.38. The molecule has 2 N–H and O–H groups in total. The molecule has 16 heavy (non-hydrogen) atoms. The van der Waals surface area contributed by atoms with Crippen LogP contribution in [-0.2, 0) is 0 Å². The molecule has 0 radical (unpaired) electrons. The third-order valence-corrected chi connectivity index (χ3v) is 2.21. The molecule has 0 aromatic carbocycles. The van der Waals surface area contributed by atoms with Crippen LogP contribution in [0.4, 0.5) is 13.2 Å². The van der Waals surface area contributed by atoms with Gasteiger partial charge in [0.05, 0.1) is 13.2 Å². The highest BCUT2D eigenvalue weighted by Gasteiger charge is 2.29. The second kappa shape index (κ2) is 7.86. The van der Waals surface area contributed by atoms with Crippen molar-refractivity contribution in [3.8, 4) is 0 Å². The highest BCUT2D eigenvalue weighted by atomic mass is 19.4. The van der Waals surface area contributed by atoms with E-state index in [1.165, 1.54) is 11.9 Å². The molecular formula is C10H21F3N2O. The SMILES string of the molecule is CCCNC(CO)CCN(C)CC(F)(F)F. The van der Waals surface area contributed by atoms with E-state index in [1.54, 1.807) is 0 Å². The van der Waals surface area contributed by atoms with Crippen molar-refractivity contribution >= 4 is 0 Å². The van der Waals surface area contributed by atoms with Gasteiger partial charge in [0.1, 0.15) is 0 Å². The normalized spacial score (nSPS) is 14.4. The molecule has 6 heteroatoms. The minimum absolute atomic E-state index is 0.0418. The molecule has 1 atom stereocenters. The molecule has 0 fully saturated rings. The standard InChI is InChI=1S/C10H21F3N2O/c1-3-5-14-9(7-16)4-6-15(2)8-10(11,12)13/h9,14,16H,3-8H2,1-2H3. The first-order chi connectivity index (χ1) is 7.39. The van der Waals surface area contributed by atoms with Gasteiger partial charge in [-0.05, 0) is 33.0 Å². The molecule has 98 valence electrons. The largest absolute Gasteiger partial charge is 0.401 e. The van der Waals surface area contributed by atoms with E-state index in [4.69, 9.17) is 5.11 Å². The summed E-state index contributed by atoms with van der Waals surface area (Å²) >= 11 is 0. The van der Waals surface area contributed by atoms with Crippen LogP contribution in [-0.4, -0.2) is 55.5 Å². The summed E-state index contributed by atoms with van der Waals surface area (Å²) in [7, 11) is 1.43. The van der Waals surface area contributed by atoms with Crippen molar-refractivity contribution in [2.24, 2.45) is 0 Å². The van der Waals surface area contributed by atoms with E-state index in [0.29, 0.717) is 13.0 Å². The Morgan fingerprint density at radius 3 is 2.44 bits per heavy atom. The number of aliphatic hydroxyl groups excluding tert-OH is 1. The number of alkyl halides is 3. The van der Waals surface area contributed by atoms with E-state index in [-0.39, 0.29) is 12.6 Å². The average Bonchev–Trinajstić information content (AvgIpc) is 2.15. The molecule has 0 aliphatic rings. The van der Waals surface area contributed by atoms with Crippen molar-refractivity contribution in [2.75, 3.05) is 33.3 Å². The quantitative estimate of drug-likeness (QED) is 0.672. The maximum atomic E-state index is 12.0. The maximum absolute atomic E-state index is 12.0. The van der Waals surface area contributed by atoms with Gasteiger partial charge in [-0.1, -0.05) is 6.92 Å². The van der Waals surface area contributed by atoms with Crippen LogP contribution in [0, 0.1) is 0 Å². The Morgan fingerprint density at radius 1 is 1.38 bits per heavy atom. The summed E-state index contributed by atoms with van der Waals surface area (Å²) < 4.78 is 36.0. The lowest BCUT2D eigenvalue weighted by atomic mass is 10.2. The summed E-state index contributed by atoms with van der Waals surface area (Å²) in [4.78, 5) is 1.22. The first-order valence-electron chi connectivity index (χ1n) is 5.48. The molecule has 0 aromatic rings. The van der Waals surface area contributed by atoms with Crippen molar-refractivity contribution in [2.45, 2.75) is 32.0 Å². The molecule has 1 unspecified atom stereocenters. The first-order valence-corrected chi connectivity index (χ1v) is 5.48. The monoisotopic (exact) mass is 242 g/mol. The molecule has 0 bridgehead atoms. The van der Waals surface area contributed by atoms with Gasteiger partial charge in [0.2, 0.25) is 0 Å². The van der Waals surface area contributed by atoms with Crippen LogP contribution in [0.25, 0.3) is 0 Å². The van der Waals surface area contributed by atoms with Crippen LogP contribution in [0.1, 0.15) is 19.8 Å². The minimum atomic E-state index is -4.15. The molecule has 0 heterocycles. The summed E-state index contributed by atoms with van der Waals surface area (Å²) in [5.41, 5.74) is 0. The smallest absolute Gasteiger partial charge is 0.395 e. The van der Waals surface area contributed by atoms with E-state index in [0.717, 1.165) is 13.0 Å². The van der Waals surface area contributed by atoms with Gasteiger partial charge in [-0.25, -0.2) is 0 Å². The molecule has 0 spiro atoms. The number of aliphatic hydroxyl groups is 1. The van der Waals surface area contributed by atoms with Crippen molar-refractivity contribution in [1.82, 2.24) is 10.2 Å². The third kappa shape index (κ3) is 8.94. The van der Waals surface area contributed by atoms with Crippen LogP contribution < -0.4 is 5.32 Å². The highest BCUT2D eigenvalue weighted by Crippen LogP contribution is 2.15. The molecular weight excluding hydrogens is 221 g/mol. The predicted octanol–water partition coefficient (Wildman–Crippen LogP) is 1.23. The van der Waals surface area contributed by atoms with E-state index in [2.05, 4.69) is 5.32 Å². The molecule has 0 aliphatic carbocycles. The van der Waals surface area contributed by atoms with Gasteiger partial charge in [0.15, 0.2) is 0 Å². The fraction of sp³-hybridized carbons (Fsp3) is 1.00. The van der Waals surface area contributed by atoms with Crippen molar-refractivity contribution in [3.05, 3.63) is 0 Å². The van der Waals surface area contributed by atoms with Crippen LogP contribution in [0.5, 0.6) is 0 Å². The Labute approximate surface area is 94.6 Å². The Kier molecular flexibility index (Phi) is 7.70. The van der Waals surface area contributed by atoms with Crippen molar-refractivity contribution in [1.29, 1.82) is 0 Å². The van der Waals surface area contributed by atoms with Gasteiger partial charge in [-0.3, -0.25) is 4.90 Å². The number of nitrogens with zero attached hydrogens (tertiary/aromatic N) is 1. The zero-order valence-electron chi connectivity index (χ0n) is 9.85. The predicted molar refractivity (Wildman–Crippen MR) is 57.3 cm³/mol. The van der Waals surface area contributed by atoms with Gasteiger partial charge in [-0.2, -0.15) is 13.2 Å². The molecule has 0 amide bonds.